The molecule has 0 aliphatic carbocycles. The van der Waals surface area contributed by atoms with Gasteiger partial charge in [-0.15, -0.1) is 10.2 Å². The van der Waals surface area contributed by atoms with Crippen LogP contribution < -0.4 is 5.73 Å². The molecule has 0 spiro atoms. The van der Waals surface area contributed by atoms with Crippen LogP contribution in [0.5, 0.6) is 0 Å². The van der Waals surface area contributed by atoms with Crippen molar-refractivity contribution >= 4 is 11.8 Å². The quantitative estimate of drug-likeness (QED) is 0.734. The van der Waals surface area contributed by atoms with Gasteiger partial charge in [0.15, 0.2) is 5.16 Å². The average Bonchev–Trinajstić information content (AvgIpc) is 2.45. The Labute approximate surface area is 82.9 Å². The predicted molar refractivity (Wildman–Crippen MR) is 54.8 cm³/mol. The lowest BCUT2D eigenvalue weighted by atomic mass is 10.2. The van der Waals surface area contributed by atoms with Gasteiger partial charge in [0.2, 0.25) is 0 Å². The second-order valence-electron chi connectivity index (χ2n) is 3.03. The molecular weight excluding hydrogens is 184 g/mol. The summed E-state index contributed by atoms with van der Waals surface area (Å²) in [6.07, 6.45) is 2.80. The summed E-state index contributed by atoms with van der Waals surface area (Å²) in [5.74, 6) is 0.988. The van der Waals surface area contributed by atoms with Crippen molar-refractivity contribution in [1.29, 1.82) is 0 Å². The third-order valence-corrected chi connectivity index (χ3v) is 2.46. The molecule has 0 bridgehead atoms. The van der Waals surface area contributed by atoms with Gasteiger partial charge in [-0.1, -0.05) is 11.8 Å². The highest BCUT2D eigenvalue weighted by Crippen LogP contribution is 2.13. The second kappa shape index (κ2) is 4.62. The number of hydrogen-bond donors (Lipinski definition) is 1. The van der Waals surface area contributed by atoms with Crippen LogP contribution in [-0.2, 0) is 13.0 Å². The van der Waals surface area contributed by atoms with E-state index in [1.54, 1.807) is 11.8 Å². The molecule has 1 aromatic rings. The topological polar surface area (TPSA) is 56.7 Å². The first-order chi connectivity index (χ1) is 6.19. The number of hydrogen-bond acceptors (Lipinski definition) is 4. The molecule has 5 heteroatoms. The second-order valence-corrected chi connectivity index (χ2v) is 3.80. The largest absolute Gasteiger partial charge is 0.328 e. The standard InChI is InChI=1S/C8H16N4S/c1-4-12-7(5-6(2)9)10-11-8(12)13-3/h6H,4-5,9H2,1-3H3. The predicted octanol–water partition coefficient (Wildman–Crippen LogP) is 0.910. The van der Waals surface area contributed by atoms with Crippen LogP contribution in [0.2, 0.25) is 0 Å². The molecule has 2 N–H and O–H groups in total. The zero-order valence-electron chi connectivity index (χ0n) is 8.32. The van der Waals surface area contributed by atoms with Gasteiger partial charge in [0, 0.05) is 19.0 Å². The molecule has 1 rings (SSSR count). The summed E-state index contributed by atoms with van der Waals surface area (Å²) in [5.41, 5.74) is 5.71. The lowest BCUT2D eigenvalue weighted by Crippen LogP contribution is -2.20. The Hall–Kier alpha value is -0.550. The molecule has 0 aliphatic heterocycles. The minimum absolute atomic E-state index is 0.143. The van der Waals surface area contributed by atoms with E-state index in [0.717, 1.165) is 23.9 Å². The van der Waals surface area contributed by atoms with Gasteiger partial charge in [-0.25, -0.2) is 0 Å². The molecular formula is C8H16N4S. The lowest BCUT2D eigenvalue weighted by molar-refractivity contribution is 0.607. The summed E-state index contributed by atoms with van der Waals surface area (Å²) in [6.45, 7) is 4.98. The first-order valence-electron chi connectivity index (χ1n) is 4.40. The van der Waals surface area contributed by atoms with E-state index in [1.165, 1.54) is 0 Å². The van der Waals surface area contributed by atoms with Crippen LogP contribution in [0.4, 0.5) is 0 Å². The van der Waals surface area contributed by atoms with Crippen molar-refractivity contribution in [1.82, 2.24) is 14.8 Å². The van der Waals surface area contributed by atoms with Crippen LogP contribution in [0.15, 0.2) is 5.16 Å². The molecule has 13 heavy (non-hydrogen) atoms. The van der Waals surface area contributed by atoms with E-state index in [1.807, 2.05) is 13.2 Å². The Balaban J connectivity index is 2.87. The number of thioether (sulfide) groups is 1. The van der Waals surface area contributed by atoms with Crippen LogP contribution in [0, 0.1) is 0 Å². The molecule has 1 atom stereocenters. The Morgan fingerprint density at radius 3 is 2.69 bits per heavy atom. The minimum atomic E-state index is 0.143. The smallest absolute Gasteiger partial charge is 0.190 e. The summed E-state index contributed by atoms with van der Waals surface area (Å²) in [6, 6.07) is 0.143. The molecule has 0 saturated heterocycles. The summed E-state index contributed by atoms with van der Waals surface area (Å²) in [7, 11) is 0. The first-order valence-corrected chi connectivity index (χ1v) is 5.63. The molecule has 1 heterocycles. The zero-order valence-corrected chi connectivity index (χ0v) is 9.14. The van der Waals surface area contributed by atoms with Gasteiger partial charge in [-0.2, -0.15) is 0 Å². The number of nitrogens with two attached hydrogens (primary N) is 1. The van der Waals surface area contributed by atoms with E-state index in [9.17, 15) is 0 Å². The van der Waals surface area contributed by atoms with E-state index in [4.69, 9.17) is 5.73 Å². The fraction of sp³-hybridized carbons (Fsp3) is 0.750. The van der Waals surface area contributed by atoms with E-state index in [-0.39, 0.29) is 6.04 Å². The number of nitrogens with zero attached hydrogens (tertiary/aromatic N) is 3. The SMILES string of the molecule is CCn1c(CC(C)N)nnc1SC. The number of rotatable bonds is 4. The molecule has 0 aliphatic rings. The maximum atomic E-state index is 5.71. The highest BCUT2D eigenvalue weighted by Gasteiger charge is 2.10. The summed E-state index contributed by atoms with van der Waals surface area (Å²) >= 11 is 1.62. The van der Waals surface area contributed by atoms with Crippen LogP contribution in [0.25, 0.3) is 0 Å². The van der Waals surface area contributed by atoms with Crippen LogP contribution >= 0.6 is 11.8 Å². The van der Waals surface area contributed by atoms with E-state index in [2.05, 4.69) is 21.7 Å². The summed E-state index contributed by atoms with van der Waals surface area (Å²) in [5, 5.41) is 9.16. The Kier molecular flexibility index (Phi) is 3.74. The Morgan fingerprint density at radius 1 is 1.54 bits per heavy atom. The molecule has 0 aromatic carbocycles. The van der Waals surface area contributed by atoms with Gasteiger partial charge in [-0.3, -0.25) is 0 Å². The average molecular weight is 200 g/mol. The van der Waals surface area contributed by atoms with Gasteiger partial charge in [-0.05, 0) is 20.1 Å². The molecule has 0 fully saturated rings. The molecule has 1 unspecified atom stereocenters. The van der Waals surface area contributed by atoms with Crippen molar-refractivity contribution in [3.8, 4) is 0 Å². The van der Waals surface area contributed by atoms with Crippen molar-refractivity contribution in [2.24, 2.45) is 5.73 Å². The van der Waals surface area contributed by atoms with Crippen molar-refractivity contribution in [3.05, 3.63) is 5.82 Å². The molecule has 1 aromatic heterocycles. The van der Waals surface area contributed by atoms with Crippen molar-refractivity contribution < 1.29 is 0 Å². The molecule has 74 valence electrons. The normalized spacial score (nSPS) is 13.2. The third kappa shape index (κ3) is 2.45. The summed E-state index contributed by atoms with van der Waals surface area (Å²) < 4.78 is 2.11. The monoisotopic (exact) mass is 200 g/mol. The van der Waals surface area contributed by atoms with Gasteiger partial charge in [0.05, 0.1) is 0 Å². The summed E-state index contributed by atoms with van der Waals surface area (Å²) in [4.78, 5) is 0. The van der Waals surface area contributed by atoms with Gasteiger partial charge in [0.25, 0.3) is 0 Å². The van der Waals surface area contributed by atoms with Gasteiger partial charge < -0.3 is 10.3 Å². The number of aromatic nitrogens is 3. The van der Waals surface area contributed by atoms with Gasteiger partial charge >= 0.3 is 0 Å². The van der Waals surface area contributed by atoms with E-state index < -0.39 is 0 Å². The molecule has 4 nitrogen and oxygen atoms in total. The maximum absolute atomic E-state index is 5.71. The fourth-order valence-electron chi connectivity index (χ4n) is 1.23. The van der Waals surface area contributed by atoms with Crippen LogP contribution in [-0.4, -0.2) is 27.1 Å². The Bertz CT molecular complexity index is 269. The third-order valence-electron chi connectivity index (χ3n) is 1.80. The van der Waals surface area contributed by atoms with Crippen molar-refractivity contribution in [2.45, 2.75) is 38.0 Å². The molecule has 0 amide bonds. The zero-order chi connectivity index (χ0) is 9.84. The lowest BCUT2D eigenvalue weighted by Gasteiger charge is -2.07. The molecule has 0 radical (unpaired) electrons. The molecule has 0 saturated carbocycles. The van der Waals surface area contributed by atoms with Crippen molar-refractivity contribution in [2.75, 3.05) is 6.26 Å². The highest BCUT2D eigenvalue weighted by molar-refractivity contribution is 7.98. The van der Waals surface area contributed by atoms with Crippen LogP contribution in [0.3, 0.4) is 0 Å². The highest BCUT2D eigenvalue weighted by atomic mass is 32.2. The van der Waals surface area contributed by atoms with E-state index in [0.29, 0.717) is 0 Å². The van der Waals surface area contributed by atoms with E-state index >= 15 is 0 Å². The Morgan fingerprint density at radius 2 is 2.23 bits per heavy atom. The minimum Gasteiger partial charge on any atom is -0.328 e. The van der Waals surface area contributed by atoms with Crippen molar-refractivity contribution in [3.63, 3.8) is 0 Å². The fourth-order valence-corrected chi connectivity index (χ4v) is 1.80. The first kappa shape index (κ1) is 10.5. The van der Waals surface area contributed by atoms with Gasteiger partial charge in [0.1, 0.15) is 5.82 Å². The van der Waals surface area contributed by atoms with Crippen LogP contribution in [0.1, 0.15) is 19.7 Å². The maximum Gasteiger partial charge on any atom is 0.190 e.